The van der Waals surface area contributed by atoms with Crippen molar-refractivity contribution in [2.75, 3.05) is 25.0 Å². The highest BCUT2D eigenvalue weighted by Crippen LogP contribution is 2.19. The fraction of sp³-hybridized carbons (Fsp3) is 0.250. The number of hydrogen-bond acceptors (Lipinski definition) is 6. The summed E-state index contributed by atoms with van der Waals surface area (Å²) < 4.78 is 1.44. The van der Waals surface area contributed by atoms with Gasteiger partial charge in [-0.05, 0) is 18.2 Å². The monoisotopic (exact) mass is 441 g/mol. The van der Waals surface area contributed by atoms with E-state index >= 15 is 0 Å². The highest BCUT2D eigenvalue weighted by molar-refractivity contribution is 6.29. The summed E-state index contributed by atoms with van der Waals surface area (Å²) in [6, 6.07) is 11.8. The number of primary amides is 1. The van der Waals surface area contributed by atoms with E-state index in [0.717, 1.165) is 0 Å². The first kappa shape index (κ1) is 20.8. The molecule has 0 spiro atoms. The van der Waals surface area contributed by atoms with Crippen molar-refractivity contribution < 1.29 is 14.4 Å². The lowest BCUT2D eigenvalue weighted by molar-refractivity contribution is -0.138. The molecule has 0 saturated carbocycles. The van der Waals surface area contributed by atoms with Gasteiger partial charge in [-0.2, -0.15) is 5.10 Å². The van der Waals surface area contributed by atoms with Gasteiger partial charge in [0.25, 0.3) is 5.91 Å². The van der Waals surface area contributed by atoms with Crippen molar-refractivity contribution in [3.05, 3.63) is 53.3 Å². The van der Waals surface area contributed by atoms with Crippen LogP contribution in [0, 0.1) is 0 Å². The third-order valence-electron chi connectivity index (χ3n) is 4.99. The minimum atomic E-state index is -0.671. The maximum Gasteiger partial charge on any atom is 0.269 e. The number of rotatable bonds is 7. The third kappa shape index (κ3) is 4.49. The highest BCUT2D eigenvalue weighted by atomic mass is 35.5. The van der Waals surface area contributed by atoms with Gasteiger partial charge in [0.2, 0.25) is 11.8 Å². The SMILES string of the molecule is NC(=O)c1nn(CC(=O)N(CC(=O)Nc2cccc(Cl)n2)C2CNC2)c2ccccc12. The zero-order valence-electron chi connectivity index (χ0n) is 16.4. The Balaban J connectivity index is 1.52. The molecule has 1 fully saturated rings. The Labute approximate surface area is 182 Å². The second-order valence-electron chi connectivity index (χ2n) is 7.12. The first-order chi connectivity index (χ1) is 14.9. The number of aromatic nitrogens is 3. The number of halogens is 1. The molecule has 1 aliphatic rings. The average Bonchev–Trinajstić information content (AvgIpc) is 3.05. The van der Waals surface area contributed by atoms with E-state index in [1.807, 2.05) is 0 Å². The molecule has 4 N–H and O–H groups in total. The molecule has 0 atom stereocenters. The molecule has 160 valence electrons. The molecule has 1 aromatic carbocycles. The summed E-state index contributed by atoms with van der Waals surface area (Å²) in [6.45, 7) is 0.885. The number of anilines is 1. The second-order valence-corrected chi connectivity index (χ2v) is 7.50. The van der Waals surface area contributed by atoms with Crippen molar-refractivity contribution in [1.29, 1.82) is 0 Å². The van der Waals surface area contributed by atoms with Gasteiger partial charge in [-0.15, -0.1) is 0 Å². The van der Waals surface area contributed by atoms with Crippen LogP contribution in [0.4, 0.5) is 5.82 Å². The number of nitrogens with two attached hydrogens (primary N) is 1. The Kier molecular flexibility index (Phi) is 5.83. The smallest absolute Gasteiger partial charge is 0.269 e. The summed E-state index contributed by atoms with van der Waals surface area (Å²) in [5, 5.41) is 10.8. The molecule has 3 amide bonds. The minimum absolute atomic E-state index is 0.102. The Bertz CT molecular complexity index is 1160. The van der Waals surface area contributed by atoms with E-state index < -0.39 is 11.8 Å². The summed E-state index contributed by atoms with van der Waals surface area (Å²) in [5.41, 5.74) is 6.14. The number of para-hydroxylation sites is 1. The molecule has 0 aliphatic carbocycles. The zero-order chi connectivity index (χ0) is 22.0. The van der Waals surface area contributed by atoms with E-state index in [2.05, 4.69) is 20.7 Å². The lowest BCUT2D eigenvalue weighted by atomic mass is 10.1. The molecule has 2 aromatic heterocycles. The number of benzene rings is 1. The molecular formula is C20H20ClN7O3. The second kappa shape index (κ2) is 8.70. The summed E-state index contributed by atoms with van der Waals surface area (Å²) >= 11 is 5.85. The van der Waals surface area contributed by atoms with Crippen LogP contribution < -0.4 is 16.4 Å². The largest absolute Gasteiger partial charge is 0.364 e. The number of hydrogen-bond donors (Lipinski definition) is 3. The van der Waals surface area contributed by atoms with Crippen molar-refractivity contribution in [2.24, 2.45) is 5.73 Å². The van der Waals surface area contributed by atoms with Crippen LogP contribution in [0.3, 0.4) is 0 Å². The normalized spacial score (nSPS) is 13.6. The van der Waals surface area contributed by atoms with E-state index in [1.165, 1.54) is 9.58 Å². The average molecular weight is 442 g/mol. The Morgan fingerprint density at radius 3 is 2.65 bits per heavy atom. The number of nitrogens with zero attached hydrogens (tertiary/aromatic N) is 4. The van der Waals surface area contributed by atoms with Gasteiger partial charge in [-0.1, -0.05) is 35.9 Å². The summed E-state index contributed by atoms with van der Waals surface area (Å²) in [5.74, 6) is -1.06. The van der Waals surface area contributed by atoms with Crippen molar-refractivity contribution >= 4 is 46.0 Å². The van der Waals surface area contributed by atoms with Crippen LogP contribution in [0.2, 0.25) is 5.15 Å². The van der Waals surface area contributed by atoms with Gasteiger partial charge in [0.15, 0.2) is 5.69 Å². The molecule has 1 saturated heterocycles. The number of carbonyl (C=O) groups is 3. The lowest BCUT2D eigenvalue weighted by Gasteiger charge is -2.37. The number of pyridine rings is 1. The fourth-order valence-corrected chi connectivity index (χ4v) is 3.54. The maximum atomic E-state index is 13.1. The van der Waals surface area contributed by atoms with E-state index in [1.54, 1.807) is 42.5 Å². The van der Waals surface area contributed by atoms with Crippen LogP contribution in [0.15, 0.2) is 42.5 Å². The van der Waals surface area contributed by atoms with Crippen LogP contribution in [0.1, 0.15) is 10.5 Å². The molecule has 4 rings (SSSR count). The van der Waals surface area contributed by atoms with E-state index in [-0.39, 0.29) is 35.9 Å². The van der Waals surface area contributed by atoms with Crippen LogP contribution in [0.5, 0.6) is 0 Å². The Hall–Kier alpha value is -3.50. The van der Waals surface area contributed by atoms with Crippen LogP contribution >= 0.6 is 11.6 Å². The first-order valence-electron chi connectivity index (χ1n) is 9.60. The molecule has 11 heteroatoms. The third-order valence-corrected chi connectivity index (χ3v) is 5.20. The van der Waals surface area contributed by atoms with Gasteiger partial charge in [0, 0.05) is 18.5 Å². The minimum Gasteiger partial charge on any atom is -0.364 e. The lowest BCUT2D eigenvalue weighted by Crippen LogP contribution is -2.60. The van der Waals surface area contributed by atoms with E-state index in [9.17, 15) is 14.4 Å². The standard InChI is InChI=1S/C20H20ClN7O3/c21-15-6-3-7-16(24-15)25-17(29)10-27(12-8-23-9-12)18(30)11-28-14-5-2-1-4-13(14)19(26-28)20(22)31/h1-7,12,23H,8-11H2,(H2,22,31)(H,24,25,29). The maximum absolute atomic E-state index is 13.1. The fourth-order valence-electron chi connectivity index (χ4n) is 3.38. The molecular weight excluding hydrogens is 422 g/mol. The molecule has 3 aromatic rings. The molecule has 0 bridgehead atoms. The number of carbonyl (C=O) groups excluding carboxylic acids is 3. The molecule has 0 radical (unpaired) electrons. The van der Waals surface area contributed by atoms with Gasteiger partial charge in [-0.3, -0.25) is 19.1 Å². The Morgan fingerprint density at radius 2 is 1.97 bits per heavy atom. The van der Waals surface area contributed by atoms with Crippen LogP contribution in [-0.2, 0) is 16.1 Å². The predicted octanol–water partition coefficient (Wildman–Crippen LogP) is 0.623. The Morgan fingerprint density at radius 1 is 1.19 bits per heavy atom. The number of amides is 3. The quantitative estimate of drug-likeness (QED) is 0.460. The van der Waals surface area contributed by atoms with Crippen molar-refractivity contribution in [3.63, 3.8) is 0 Å². The summed E-state index contributed by atoms with van der Waals surface area (Å²) in [4.78, 5) is 42.9. The van der Waals surface area contributed by atoms with Crippen LogP contribution in [0.25, 0.3) is 10.9 Å². The molecule has 10 nitrogen and oxygen atoms in total. The van der Waals surface area contributed by atoms with Gasteiger partial charge in [0.1, 0.15) is 24.1 Å². The molecule has 3 heterocycles. The van der Waals surface area contributed by atoms with Crippen molar-refractivity contribution in [3.8, 4) is 0 Å². The van der Waals surface area contributed by atoms with E-state index in [0.29, 0.717) is 29.8 Å². The summed E-state index contributed by atoms with van der Waals surface area (Å²) in [6.07, 6.45) is 0. The molecule has 1 aliphatic heterocycles. The first-order valence-corrected chi connectivity index (χ1v) is 9.98. The topological polar surface area (TPSA) is 135 Å². The van der Waals surface area contributed by atoms with Gasteiger partial charge in [-0.25, -0.2) is 4.98 Å². The predicted molar refractivity (Wildman–Crippen MR) is 114 cm³/mol. The number of nitrogens with one attached hydrogen (secondary N) is 2. The highest BCUT2D eigenvalue weighted by Gasteiger charge is 2.31. The van der Waals surface area contributed by atoms with Gasteiger partial charge in [0.05, 0.1) is 11.6 Å². The van der Waals surface area contributed by atoms with Crippen LogP contribution in [-0.4, -0.2) is 63.1 Å². The summed E-state index contributed by atoms with van der Waals surface area (Å²) in [7, 11) is 0. The van der Waals surface area contributed by atoms with E-state index in [4.69, 9.17) is 17.3 Å². The van der Waals surface area contributed by atoms with Gasteiger partial charge >= 0.3 is 0 Å². The number of fused-ring (bicyclic) bond motifs is 1. The van der Waals surface area contributed by atoms with Crippen molar-refractivity contribution in [2.45, 2.75) is 12.6 Å². The van der Waals surface area contributed by atoms with Crippen molar-refractivity contribution in [1.82, 2.24) is 25.0 Å². The van der Waals surface area contributed by atoms with Gasteiger partial charge < -0.3 is 21.3 Å². The zero-order valence-corrected chi connectivity index (χ0v) is 17.2. The molecule has 0 unspecified atom stereocenters. The molecule has 31 heavy (non-hydrogen) atoms.